The van der Waals surface area contributed by atoms with Crippen LogP contribution in [-0.4, -0.2) is 45.7 Å². The molecule has 0 unspecified atom stereocenters. The summed E-state index contributed by atoms with van der Waals surface area (Å²) in [5.41, 5.74) is 9.18. The van der Waals surface area contributed by atoms with Crippen LogP contribution in [0.25, 0.3) is 11.3 Å². The van der Waals surface area contributed by atoms with Crippen molar-refractivity contribution >= 4 is 17.5 Å². The second-order valence-electron chi connectivity index (χ2n) is 8.15. The molecule has 186 valence electrons. The van der Waals surface area contributed by atoms with Gasteiger partial charge in [-0.1, -0.05) is 18.2 Å². The molecule has 10 heteroatoms. The molecule has 0 aliphatic carbocycles. The van der Waals surface area contributed by atoms with Gasteiger partial charge >= 0.3 is 0 Å². The normalized spacial score (nSPS) is 10.7. The van der Waals surface area contributed by atoms with Crippen molar-refractivity contribution in [2.24, 2.45) is 5.73 Å². The highest BCUT2D eigenvalue weighted by Gasteiger charge is 2.15. The number of carbonyl (C=O) groups excluding carboxylic acids is 1. The van der Waals surface area contributed by atoms with Gasteiger partial charge in [0.2, 0.25) is 0 Å². The lowest BCUT2D eigenvalue weighted by atomic mass is 10.1. The van der Waals surface area contributed by atoms with E-state index in [1.165, 1.54) is 12.1 Å². The van der Waals surface area contributed by atoms with E-state index in [0.717, 1.165) is 23.1 Å². The molecule has 0 aliphatic heterocycles. The molecule has 0 saturated carbocycles. The maximum Gasteiger partial charge on any atom is 0.255 e. The van der Waals surface area contributed by atoms with Crippen molar-refractivity contribution < 1.29 is 9.18 Å². The zero-order chi connectivity index (χ0) is 25.2. The molecule has 3 aromatic heterocycles. The standard InChI is InChI=1S/C26H29FN8O/c27-21-6-1-4-18(14-21)9-13-31-25-22(7-8-23(35-25)20-16-33-34-17-20)26(36)32-15-19-5-2-11-29-24(19)30-12-3-10-28/h1-2,4-8,11,14,16-17H,3,9-10,12-13,15,28H2,(H,29,30)(H,31,35)(H,32,36)(H,33,34). The summed E-state index contributed by atoms with van der Waals surface area (Å²) in [7, 11) is 0. The van der Waals surface area contributed by atoms with Crippen LogP contribution < -0.4 is 21.7 Å². The molecule has 1 amide bonds. The van der Waals surface area contributed by atoms with Crippen LogP contribution in [0.2, 0.25) is 0 Å². The van der Waals surface area contributed by atoms with Gasteiger partial charge in [-0.15, -0.1) is 0 Å². The number of amides is 1. The van der Waals surface area contributed by atoms with Crippen molar-refractivity contribution in [2.45, 2.75) is 19.4 Å². The summed E-state index contributed by atoms with van der Waals surface area (Å²) in [4.78, 5) is 22.2. The van der Waals surface area contributed by atoms with Gasteiger partial charge in [-0.2, -0.15) is 5.10 Å². The Morgan fingerprint density at radius 2 is 1.94 bits per heavy atom. The summed E-state index contributed by atoms with van der Waals surface area (Å²) < 4.78 is 13.5. The Morgan fingerprint density at radius 1 is 1.06 bits per heavy atom. The number of pyridine rings is 2. The molecule has 3 heterocycles. The van der Waals surface area contributed by atoms with E-state index in [1.54, 1.807) is 36.8 Å². The maximum absolute atomic E-state index is 13.5. The van der Waals surface area contributed by atoms with E-state index in [9.17, 15) is 9.18 Å². The number of nitrogens with zero attached hydrogens (tertiary/aromatic N) is 3. The van der Waals surface area contributed by atoms with Gasteiger partial charge in [-0.25, -0.2) is 14.4 Å². The monoisotopic (exact) mass is 488 g/mol. The van der Waals surface area contributed by atoms with E-state index >= 15 is 0 Å². The lowest BCUT2D eigenvalue weighted by Gasteiger charge is -2.14. The summed E-state index contributed by atoms with van der Waals surface area (Å²) in [5, 5.41) is 16.2. The number of nitrogens with one attached hydrogen (secondary N) is 4. The molecular formula is C26H29FN8O. The van der Waals surface area contributed by atoms with Crippen LogP contribution in [0.4, 0.5) is 16.0 Å². The first-order chi connectivity index (χ1) is 17.6. The van der Waals surface area contributed by atoms with Crippen molar-refractivity contribution in [3.05, 3.63) is 89.6 Å². The zero-order valence-corrected chi connectivity index (χ0v) is 19.8. The topological polar surface area (TPSA) is 134 Å². The highest BCUT2D eigenvalue weighted by atomic mass is 19.1. The Balaban J connectivity index is 1.48. The molecule has 0 aliphatic rings. The number of rotatable bonds is 12. The van der Waals surface area contributed by atoms with E-state index in [1.807, 2.05) is 18.2 Å². The SMILES string of the molecule is NCCCNc1ncccc1CNC(=O)c1ccc(-c2cn[nH]c2)nc1NCCc1cccc(F)c1. The van der Waals surface area contributed by atoms with Crippen LogP contribution in [0, 0.1) is 5.82 Å². The predicted molar refractivity (Wildman–Crippen MR) is 138 cm³/mol. The van der Waals surface area contributed by atoms with Crippen molar-refractivity contribution in [3.8, 4) is 11.3 Å². The molecule has 9 nitrogen and oxygen atoms in total. The molecule has 1 aromatic carbocycles. The largest absolute Gasteiger partial charge is 0.370 e. The molecule has 4 aromatic rings. The number of aromatic amines is 1. The lowest BCUT2D eigenvalue weighted by Crippen LogP contribution is -2.25. The summed E-state index contributed by atoms with van der Waals surface area (Å²) in [6.45, 7) is 2.06. The number of benzene rings is 1. The molecule has 0 spiro atoms. The molecule has 0 saturated heterocycles. The number of H-pyrrole nitrogens is 1. The first kappa shape index (κ1) is 24.8. The minimum absolute atomic E-state index is 0.272. The number of hydrogen-bond acceptors (Lipinski definition) is 7. The highest BCUT2D eigenvalue weighted by molar-refractivity contribution is 5.99. The fourth-order valence-electron chi connectivity index (χ4n) is 3.67. The van der Waals surface area contributed by atoms with Gasteiger partial charge in [0, 0.05) is 43.2 Å². The van der Waals surface area contributed by atoms with Crippen LogP contribution >= 0.6 is 0 Å². The zero-order valence-electron chi connectivity index (χ0n) is 19.8. The second kappa shape index (κ2) is 12.4. The van der Waals surface area contributed by atoms with Gasteiger partial charge in [0.15, 0.2) is 0 Å². The highest BCUT2D eigenvalue weighted by Crippen LogP contribution is 2.22. The summed E-state index contributed by atoms with van der Waals surface area (Å²) >= 11 is 0. The summed E-state index contributed by atoms with van der Waals surface area (Å²) in [6.07, 6.45) is 6.50. The Kier molecular flexibility index (Phi) is 8.55. The van der Waals surface area contributed by atoms with Crippen LogP contribution in [0.1, 0.15) is 27.9 Å². The van der Waals surface area contributed by atoms with E-state index in [2.05, 4.69) is 36.1 Å². The fourth-order valence-corrected chi connectivity index (χ4v) is 3.67. The second-order valence-corrected chi connectivity index (χ2v) is 8.15. The van der Waals surface area contributed by atoms with E-state index in [0.29, 0.717) is 55.5 Å². The lowest BCUT2D eigenvalue weighted by molar-refractivity contribution is 0.0951. The van der Waals surface area contributed by atoms with Crippen molar-refractivity contribution in [1.29, 1.82) is 0 Å². The van der Waals surface area contributed by atoms with Gasteiger partial charge in [0.05, 0.1) is 17.5 Å². The van der Waals surface area contributed by atoms with Crippen LogP contribution in [0.15, 0.2) is 67.1 Å². The number of halogens is 1. The molecule has 36 heavy (non-hydrogen) atoms. The minimum Gasteiger partial charge on any atom is -0.370 e. The Hall–Kier alpha value is -4.31. The Bertz CT molecular complexity index is 1280. The van der Waals surface area contributed by atoms with E-state index < -0.39 is 0 Å². The van der Waals surface area contributed by atoms with Crippen LogP contribution in [-0.2, 0) is 13.0 Å². The summed E-state index contributed by atoms with van der Waals surface area (Å²) in [6, 6.07) is 13.7. The van der Waals surface area contributed by atoms with Gasteiger partial charge in [-0.3, -0.25) is 9.89 Å². The third-order valence-corrected chi connectivity index (χ3v) is 5.53. The predicted octanol–water partition coefficient (Wildman–Crippen LogP) is 3.35. The third kappa shape index (κ3) is 6.63. The number of nitrogens with two attached hydrogens (primary N) is 1. The summed E-state index contributed by atoms with van der Waals surface area (Å²) in [5.74, 6) is 0.606. The molecule has 0 atom stereocenters. The maximum atomic E-state index is 13.5. The minimum atomic E-state index is -0.278. The third-order valence-electron chi connectivity index (χ3n) is 5.53. The molecule has 4 rings (SSSR count). The Morgan fingerprint density at radius 3 is 2.75 bits per heavy atom. The smallest absolute Gasteiger partial charge is 0.255 e. The average Bonchev–Trinajstić information content (AvgIpc) is 3.43. The molecule has 6 N–H and O–H groups in total. The van der Waals surface area contributed by atoms with Gasteiger partial charge in [0.25, 0.3) is 5.91 Å². The van der Waals surface area contributed by atoms with E-state index in [-0.39, 0.29) is 11.7 Å². The number of anilines is 2. The molecule has 0 bridgehead atoms. The first-order valence-corrected chi connectivity index (χ1v) is 11.8. The van der Waals surface area contributed by atoms with Crippen LogP contribution in [0.5, 0.6) is 0 Å². The van der Waals surface area contributed by atoms with Gasteiger partial charge < -0.3 is 21.7 Å². The van der Waals surface area contributed by atoms with Crippen molar-refractivity contribution in [2.75, 3.05) is 30.3 Å². The quantitative estimate of drug-likeness (QED) is 0.193. The number of carbonyl (C=O) groups is 1. The first-order valence-electron chi connectivity index (χ1n) is 11.8. The molecule has 0 radical (unpaired) electrons. The average molecular weight is 489 g/mol. The van der Waals surface area contributed by atoms with Gasteiger partial charge in [0.1, 0.15) is 17.5 Å². The molecule has 0 fully saturated rings. The van der Waals surface area contributed by atoms with Gasteiger partial charge in [-0.05, 0) is 55.3 Å². The number of hydrogen-bond donors (Lipinski definition) is 5. The van der Waals surface area contributed by atoms with Crippen molar-refractivity contribution in [1.82, 2.24) is 25.5 Å². The molecular weight excluding hydrogens is 459 g/mol. The Labute approximate surface area is 208 Å². The van der Waals surface area contributed by atoms with Crippen molar-refractivity contribution in [3.63, 3.8) is 0 Å². The van der Waals surface area contributed by atoms with Crippen LogP contribution in [0.3, 0.4) is 0 Å². The number of aromatic nitrogens is 4. The van der Waals surface area contributed by atoms with E-state index in [4.69, 9.17) is 5.73 Å². The fraction of sp³-hybridized carbons (Fsp3) is 0.231.